The number of nitrogens with zero attached hydrogens (tertiary/aromatic N) is 3. The van der Waals surface area contributed by atoms with Gasteiger partial charge in [-0.3, -0.25) is 9.59 Å². The molecule has 8 heteroatoms. The number of hydrogen-bond donors (Lipinski definition) is 0. The Bertz CT molecular complexity index is 937. The highest BCUT2D eigenvalue weighted by Gasteiger charge is 2.32. The Labute approximate surface area is 192 Å². The normalized spacial score (nSPS) is 20.6. The molecule has 2 fully saturated rings. The Hall–Kier alpha value is -1.93. The van der Waals surface area contributed by atoms with Crippen molar-refractivity contribution in [2.45, 2.75) is 70.7 Å². The fraction of sp³-hybridized carbons (Fsp3) is 0.667. The van der Waals surface area contributed by atoms with Crippen molar-refractivity contribution in [3.63, 3.8) is 0 Å². The van der Waals surface area contributed by atoms with E-state index >= 15 is 0 Å². The van der Waals surface area contributed by atoms with E-state index in [0.717, 1.165) is 31.2 Å². The van der Waals surface area contributed by atoms with Crippen LogP contribution in [0.15, 0.2) is 23.1 Å². The number of piperazine rings is 1. The Kier molecular flexibility index (Phi) is 7.98. The molecule has 0 saturated carbocycles. The van der Waals surface area contributed by atoms with Crippen LogP contribution in [0.3, 0.4) is 0 Å². The molecule has 2 heterocycles. The van der Waals surface area contributed by atoms with Gasteiger partial charge in [0.25, 0.3) is 5.91 Å². The van der Waals surface area contributed by atoms with E-state index < -0.39 is 10.0 Å². The van der Waals surface area contributed by atoms with E-state index in [1.807, 2.05) is 18.7 Å². The monoisotopic (exact) mass is 463 g/mol. The standard InChI is InChI=1S/C24H37N3O4S/c1-18(2)8-11-23(28)25-13-15-26(16-14-25)24(29)22-17-21(10-9-19(22)3)32(30,31)27-12-6-5-7-20(27)4/h9-10,17-18,20H,5-8,11-16H2,1-4H3. The number of benzene rings is 1. The Morgan fingerprint density at radius 3 is 2.31 bits per heavy atom. The lowest BCUT2D eigenvalue weighted by Gasteiger charge is -2.35. The Morgan fingerprint density at radius 1 is 1.03 bits per heavy atom. The summed E-state index contributed by atoms with van der Waals surface area (Å²) < 4.78 is 28.1. The van der Waals surface area contributed by atoms with Crippen molar-refractivity contribution in [1.29, 1.82) is 0 Å². The first-order valence-electron chi connectivity index (χ1n) is 11.8. The summed E-state index contributed by atoms with van der Waals surface area (Å²) in [7, 11) is -3.64. The second-order valence-electron chi connectivity index (χ2n) is 9.54. The van der Waals surface area contributed by atoms with Crippen LogP contribution in [-0.4, -0.2) is 73.1 Å². The summed E-state index contributed by atoms with van der Waals surface area (Å²) >= 11 is 0. The lowest BCUT2D eigenvalue weighted by Crippen LogP contribution is -2.50. The minimum absolute atomic E-state index is 0.0319. The number of carbonyl (C=O) groups excluding carboxylic acids is 2. The van der Waals surface area contributed by atoms with Gasteiger partial charge in [0.15, 0.2) is 0 Å². The lowest BCUT2D eigenvalue weighted by molar-refractivity contribution is -0.132. The predicted molar refractivity (Wildman–Crippen MR) is 125 cm³/mol. The number of piperidine rings is 1. The third-order valence-corrected chi connectivity index (χ3v) is 8.65. The van der Waals surface area contributed by atoms with Crippen molar-refractivity contribution in [1.82, 2.24) is 14.1 Å². The predicted octanol–water partition coefficient (Wildman–Crippen LogP) is 3.28. The molecule has 0 radical (unpaired) electrons. The molecule has 178 valence electrons. The number of amides is 2. The van der Waals surface area contributed by atoms with Crippen LogP contribution in [0.2, 0.25) is 0 Å². The Balaban J connectivity index is 1.71. The topological polar surface area (TPSA) is 78.0 Å². The highest BCUT2D eigenvalue weighted by molar-refractivity contribution is 7.89. The van der Waals surface area contributed by atoms with Crippen molar-refractivity contribution in [3.05, 3.63) is 29.3 Å². The largest absolute Gasteiger partial charge is 0.339 e. The average molecular weight is 464 g/mol. The molecule has 2 aliphatic heterocycles. The summed E-state index contributed by atoms with van der Waals surface area (Å²) in [6.07, 6.45) is 4.17. The first-order valence-corrected chi connectivity index (χ1v) is 13.2. The molecule has 2 saturated heterocycles. The summed E-state index contributed by atoms with van der Waals surface area (Å²) in [6, 6.07) is 4.83. The van der Waals surface area contributed by atoms with Gasteiger partial charge in [0.1, 0.15) is 0 Å². The molecule has 0 aliphatic carbocycles. The van der Waals surface area contributed by atoms with Crippen molar-refractivity contribution in [2.24, 2.45) is 5.92 Å². The molecule has 0 aromatic heterocycles. The van der Waals surface area contributed by atoms with Gasteiger partial charge in [0.2, 0.25) is 15.9 Å². The molecule has 1 aromatic carbocycles. The van der Waals surface area contributed by atoms with Crippen molar-refractivity contribution in [2.75, 3.05) is 32.7 Å². The fourth-order valence-corrected chi connectivity index (χ4v) is 6.18. The summed E-state index contributed by atoms with van der Waals surface area (Å²) in [5, 5.41) is 0. The highest BCUT2D eigenvalue weighted by atomic mass is 32.2. The van der Waals surface area contributed by atoms with Crippen molar-refractivity contribution >= 4 is 21.8 Å². The van der Waals surface area contributed by atoms with Crippen molar-refractivity contribution in [3.8, 4) is 0 Å². The zero-order valence-electron chi connectivity index (χ0n) is 19.8. The summed E-state index contributed by atoms with van der Waals surface area (Å²) in [6.45, 7) is 10.5. The van der Waals surface area contributed by atoms with Gasteiger partial charge in [-0.2, -0.15) is 4.31 Å². The quantitative estimate of drug-likeness (QED) is 0.649. The minimum Gasteiger partial charge on any atom is -0.339 e. The number of rotatable bonds is 6. The van der Waals surface area contributed by atoms with Crippen LogP contribution in [0.5, 0.6) is 0 Å². The van der Waals surface area contributed by atoms with Gasteiger partial charge in [0.05, 0.1) is 4.90 Å². The van der Waals surface area contributed by atoms with Gasteiger partial charge in [-0.15, -0.1) is 0 Å². The Morgan fingerprint density at radius 2 is 1.69 bits per heavy atom. The van der Waals surface area contributed by atoms with Crippen LogP contribution in [0.1, 0.15) is 68.8 Å². The van der Waals surface area contributed by atoms with Gasteiger partial charge in [-0.1, -0.05) is 26.3 Å². The highest BCUT2D eigenvalue weighted by Crippen LogP contribution is 2.27. The van der Waals surface area contributed by atoms with Gasteiger partial charge in [-0.05, 0) is 56.7 Å². The van der Waals surface area contributed by atoms with Crippen LogP contribution in [0.4, 0.5) is 0 Å². The van der Waals surface area contributed by atoms with E-state index in [1.54, 1.807) is 21.3 Å². The van der Waals surface area contributed by atoms with Crippen molar-refractivity contribution < 1.29 is 18.0 Å². The molecule has 32 heavy (non-hydrogen) atoms. The van der Waals surface area contributed by atoms with Gasteiger partial charge in [-0.25, -0.2) is 8.42 Å². The number of aryl methyl sites for hydroxylation is 1. The van der Waals surface area contributed by atoms with Gasteiger partial charge >= 0.3 is 0 Å². The smallest absolute Gasteiger partial charge is 0.254 e. The van der Waals surface area contributed by atoms with Crippen LogP contribution >= 0.6 is 0 Å². The second-order valence-corrected chi connectivity index (χ2v) is 11.4. The summed E-state index contributed by atoms with van der Waals surface area (Å²) in [5.74, 6) is 0.465. The molecule has 1 aromatic rings. The van der Waals surface area contributed by atoms with Crippen LogP contribution in [0, 0.1) is 12.8 Å². The minimum atomic E-state index is -3.64. The molecule has 1 unspecified atom stereocenters. The fourth-order valence-electron chi connectivity index (χ4n) is 4.46. The van der Waals surface area contributed by atoms with E-state index in [4.69, 9.17) is 0 Å². The maximum absolute atomic E-state index is 13.2. The third kappa shape index (κ3) is 5.52. The first-order chi connectivity index (χ1) is 15.1. The molecule has 1 atom stereocenters. The first kappa shape index (κ1) is 24.7. The molecular formula is C24H37N3O4S. The number of carbonyl (C=O) groups is 2. The maximum Gasteiger partial charge on any atom is 0.254 e. The molecule has 2 amide bonds. The lowest BCUT2D eigenvalue weighted by atomic mass is 10.1. The number of sulfonamides is 1. The summed E-state index contributed by atoms with van der Waals surface area (Å²) in [5.41, 5.74) is 1.19. The van der Waals surface area contributed by atoms with E-state index in [2.05, 4.69) is 13.8 Å². The molecular weight excluding hydrogens is 426 g/mol. The third-order valence-electron chi connectivity index (χ3n) is 6.64. The van der Waals surface area contributed by atoms with Crippen LogP contribution in [-0.2, 0) is 14.8 Å². The SMILES string of the molecule is Cc1ccc(S(=O)(=O)N2CCCCC2C)cc1C(=O)N1CCN(C(=O)CCC(C)C)CC1. The average Bonchev–Trinajstić information content (AvgIpc) is 2.77. The molecule has 7 nitrogen and oxygen atoms in total. The van der Waals surface area contributed by atoms with E-state index in [-0.39, 0.29) is 22.8 Å². The van der Waals surface area contributed by atoms with Gasteiger partial charge in [0, 0.05) is 50.7 Å². The van der Waals surface area contributed by atoms with Gasteiger partial charge < -0.3 is 9.80 Å². The van der Waals surface area contributed by atoms with Crippen LogP contribution in [0.25, 0.3) is 0 Å². The van der Waals surface area contributed by atoms with E-state index in [1.165, 1.54) is 6.07 Å². The molecule has 3 rings (SSSR count). The molecule has 0 bridgehead atoms. The molecule has 2 aliphatic rings. The van der Waals surface area contributed by atoms with E-state index in [9.17, 15) is 18.0 Å². The maximum atomic E-state index is 13.2. The molecule has 0 spiro atoms. The van der Waals surface area contributed by atoms with E-state index in [0.29, 0.717) is 50.6 Å². The second kappa shape index (κ2) is 10.3. The summed E-state index contributed by atoms with van der Waals surface area (Å²) in [4.78, 5) is 29.4. The van der Waals surface area contributed by atoms with Crippen LogP contribution < -0.4 is 0 Å². The zero-order valence-corrected chi connectivity index (χ0v) is 20.7. The number of hydrogen-bond acceptors (Lipinski definition) is 4. The molecule has 0 N–H and O–H groups in total. The zero-order chi connectivity index (χ0) is 23.5.